The Morgan fingerprint density at radius 1 is 1.07 bits per heavy atom. The standard InChI is InChI=1S/C21H25N3O3/c1-14-4-2-3-11-24(14)17-12-23(13-17)21(26)16-7-5-15(6-8-16)18-9-10-19(27-18)20(22)25/h5-10,14,17H,2-4,11-13H2,1H3,(H2,22,25)/t14-/m1/s1. The molecule has 2 aromatic rings. The number of furan rings is 1. The van der Waals surface area contributed by atoms with Crippen molar-refractivity contribution in [1.82, 2.24) is 9.80 Å². The number of likely N-dealkylation sites (tertiary alicyclic amines) is 2. The van der Waals surface area contributed by atoms with Crippen LogP contribution in [0.2, 0.25) is 0 Å². The summed E-state index contributed by atoms with van der Waals surface area (Å²) >= 11 is 0. The number of nitrogens with zero attached hydrogens (tertiary/aromatic N) is 2. The highest BCUT2D eigenvalue weighted by Gasteiger charge is 2.37. The largest absolute Gasteiger partial charge is 0.451 e. The third kappa shape index (κ3) is 3.49. The molecule has 3 heterocycles. The lowest BCUT2D eigenvalue weighted by Gasteiger charge is -2.49. The average Bonchev–Trinajstić information content (AvgIpc) is 3.12. The van der Waals surface area contributed by atoms with Gasteiger partial charge in [0.25, 0.3) is 11.8 Å². The molecule has 0 aliphatic carbocycles. The number of carbonyl (C=O) groups is 2. The highest BCUT2D eigenvalue weighted by molar-refractivity contribution is 5.95. The van der Waals surface area contributed by atoms with E-state index in [0.717, 1.165) is 25.2 Å². The first-order chi connectivity index (χ1) is 13.0. The molecule has 1 aromatic carbocycles. The van der Waals surface area contributed by atoms with Crippen molar-refractivity contribution < 1.29 is 14.0 Å². The molecule has 4 rings (SSSR count). The van der Waals surface area contributed by atoms with Crippen LogP contribution in [-0.4, -0.2) is 53.3 Å². The van der Waals surface area contributed by atoms with E-state index in [9.17, 15) is 9.59 Å². The van der Waals surface area contributed by atoms with Crippen molar-refractivity contribution in [2.24, 2.45) is 5.73 Å². The van der Waals surface area contributed by atoms with Crippen LogP contribution in [0.15, 0.2) is 40.8 Å². The highest BCUT2D eigenvalue weighted by Crippen LogP contribution is 2.27. The number of primary amides is 1. The van der Waals surface area contributed by atoms with Gasteiger partial charge in [-0.3, -0.25) is 14.5 Å². The van der Waals surface area contributed by atoms with Crippen LogP contribution in [0.4, 0.5) is 0 Å². The van der Waals surface area contributed by atoms with Crippen LogP contribution in [0, 0.1) is 0 Å². The van der Waals surface area contributed by atoms with Crippen LogP contribution < -0.4 is 5.73 Å². The van der Waals surface area contributed by atoms with Crippen molar-refractivity contribution in [3.05, 3.63) is 47.7 Å². The molecule has 27 heavy (non-hydrogen) atoms. The number of piperidine rings is 1. The molecule has 1 atom stereocenters. The molecule has 2 fully saturated rings. The van der Waals surface area contributed by atoms with Gasteiger partial charge in [-0.15, -0.1) is 0 Å². The summed E-state index contributed by atoms with van der Waals surface area (Å²) in [6.45, 7) is 5.07. The molecule has 0 radical (unpaired) electrons. The molecule has 0 bridgehead atoms. The fourth-order valence-electron chi connectivity index (χ4n) is 4.08. The van der Waals surface area contributed by atoms with E-state index in [1.165, 1.54) is 19.3 Å². The van der Waals surface area contributed by atoms with Gasteiger partial charge in [0.2, 0.25) is 0 Å². The maximum Gasteiger partial charge on any atom is 0.284 e. The van der Waals surface area contributed by atoms with Crippen LogP contribution in [-0.2, 0) is 0 Å². The molecule has 2 saturated heterocycles. The lowest BCUT2D eigenvalue weighted by atomic mass is 9.97. The molecule has 2 aliphatic heterocycles. The van der Waals surface area contributed by atoms with Gasteiger partial charge in [-0.25, -0.2) is 0 Å². The maximum atomic E-state index is 12.7. The molecule has 0 saturated carbocycles. The van der Waals surface area contributed by atoms with Gasteiger partial charge in [0.05, 0.1) is 0 Å². The molecule has 2 N–H and O–H groups in total. The van der Waals surface area contributed by atoms with E-state index in [1.54, 1.807) is 24.3 Å². The van der Waals surface area contributed by atoms with Gasteiger partial charge < -0.3 is 15.1 Å². The first-order valence-corrected chi connectivity index (χ1v) is 9.58. The van der Waals surface area contributed by atoms with E-state index in [4.69, 9.17) is 10.2 Å². The van der Waals surface area contributed by atoms with Crippen LogP contribution in [0.5, 0.6) is 0 Å². The summed E-state index contributed by atoms with van der Waals surface area (Å²) < 4.78 is 5.43. The molecule has 0 unspecified atom stereocenters. The third-order valence-corrected chi connectivity index (χ3v) is 5.74. The number of rotatable bonds is 4. The Bertz CT molecular complexity index is 837. The van der Waals surface area contributed by atoms with Gasteiger partial charge in [0, 0.05) is 36.3 Å². The summed E-state index contributed by atoms with van der Waals surface area (Å²) in [4.78, 5) is 28.3. The number of hydrogen-bond acceptors (Lipinski definition) is 4. The van der Waals surface area contributed by atoms with Crippen molar-refractivity contribution in [2.75, 3.05) is 19.6 Å². The normalized spacial score (nSPS) is 21.1. The quantitative estimate of drug-likeness (QED) is 0.901. The maximum absolute atomic E-state index is 12.7. The predicted molar refractivity (Wildman–Crippen MR) is 102 cm³/mol. The Labute approximate surface area is 158 Å². The molecular weight excluding hydrogens is 342 g/mol. The van der Waals surface area contributed by atoms with Crippen molar-refractivity contribution in [3.63, 3.8) is 0 Å². The molecule has 1 aromatic heterocycles. The lowest BCUT2D eigenvalue weighted by Crippen LogP contribution is -2.63. The number of benzene rings is 1. The van der Waals surface area contributed by atoms with Crippen molar-refractivity contribution >= 4 is 11.8 Å². The van der Waals surface area contributed by atoms with Gasteiger partial charge in [0.1, 0.15) is 5.76 Å². The van der Waals surface area contributed by atoms with E-state index in [0.29, 0.717) is 23.4 Å². The van der Waals surface area contributed by atoms with Crippen molar-refractivity contribution in [3.8, 4) is 11.3 Å². The smallest absolute Gasteiger partial charge is 0.284 e. The average molecular weight is 367 g/mol. The lowest BCUT2D eigenvalue weighted by molar-refractivity contribution is 0.00213. The molecule has 2 amide bonds. The Morgan fingerprint density at radius 3 is 2.44 bits per heavy atom. The minimum Gasteiger partial charge on any atom is -0.451 e. The second-order valence-electron chi connectivity index (χ2n) is 7.55. The first-order valence-electron chi connectivity index (χ1n) is 9.58. The second-order valence-corrected chi connectivity index (χ2v) is 7.55. The Hall–Kier alpha value is -2.60. The summed E-state index contributed by atoms with van der Waals surface area (Å²) in [7, 11) is 0. The van der Waals surface area contributed by atoms with E-state index in [-0.39, 0.29) is 11.7 Å². The van der Waals surface area contributed by atoms with Crippen molar-refractivity contribution in [2.45, 2.75) is 38.3 Å². The second kappa shape index (κ2) is 7.19. The number of amides is 2. The predicted octanol–water partition coefficient (Wildman–Crippen LogP) is 2.74. The number of nitrogens with two attached hydrogens (primary N) is 1. The number of carbonyl (C=O) groups excluding carboxylic acids is 2. The van der Waals surface area contributed by atoms with Gasteiger partial charge in [0.15, 0.2) is 5.76 Å². The van der Waals surface area contributed by atoms with Gasteiger partial charge in [-0.1, -0.05) is 18.6 Å². The van der Waals surface area contributed by atoms with Crippen LogP contribution in [0.25, 0.3) is 11.3 Å². The summed E-state index contributed by atoms with van der Waals surface area (Å²) in [6.07, 6.45) is 3.84. The summed E-state index contributed by atoms with van der Waals surface area (Å²) in [5.74, 6) is 0.165. The fraction of sp³-hybridized carbons (Fsp3) is 0.429. The van der Waals surface area contributed by atoms with Crippen molar-refractivity contribution in [1.29, 1.82) is 0 Å². The fourth-order valence-corrected chi connectivity index (χ4v) is 4.08. The van der Waals surface area contributed by atoms with Crippen LogP contribution >= 0.6 is 0 Å². The molecule has 6 nitrogen and oxygen atoms in total. The summed E-state index contributed by atoms with van der Waals surface area (Å²) in [5.41, 5.74) is 6.69. The third-order valence-electron chi connectivity index (χ3n) is 5.74. The summed E-state index contributed by atoms with van der Waals surface area (Å²) in [5, 5.41) is 0. The van der Waals surface area contributed by atoms with Gasteiger partial charge in [-0.05, 0) is 50.6 Å². The van der Waals surface area contributed by atoms with Gasteiger partial charge >= 0.3 is 0 Å². The zero-order valence-corrected chi connectivity index (χ0v) is 15.6. The van der Waals surface area contributed by atoms with Crippen LogP contribution in [0.1, 0.15) is 47.1 Å². The van der Waals surface area contributed by atoms with Gasteiger partial charge in [-0.2, -0.15) is 0 Å². The SMILES string of the molecule is C[C@@H]1CCCCN1C1CN(C(=O)c2ccc(-c3ccc(C(N)=O)o3)cc2)C1. The van der Waals surface area contributed by atoms with Crippen LogP contribution in [0.3, 0.4) is 0 Å². The minimum atomic E-state index is -0.594. The molecule has 2 aliphatic rings. The molecule has 0 spiro atoms. The van der Waals surface area contributed by atoms with E-state index in [2.05, 4.69) is 11.8 Å². The highest BCUT2D eigenvalue weighted by atomic mass is 16.3. The van der Waals surface area contributed by atoms with E-state index < -0.39 is 5.91 Å². The Balaban J connectivity index is 1.38. The molecular formula is C21H25N3O3. The topological polar surface area (TPSA) is 79.8 Å². The zero-order valence-electron chi connectivity index (χ0n) is 15.6. The summed E-state index contributed by atoms with van der Waals surface area (Å²) in [6, 6.07) is 11.7. The number of hydrogen-bond donors (Lipinski definition) is 1. The first kappa shape index (κ1) is 17.8. The zero-order chi connectivity index (χ0) is 19.0. The van der Waals surface area contributed by atoms with E-state index in [1.807, 2.05) is 17.0 Å². The molecule has 142 valence electrons. The molecule has 6 heteroatoms. The minimum absolute atomic E-state index is 0.0692. The van der Waals surface area contributed by atoms with E-state index >= 15 is 0 Å². The Kier molecular flexibility index (Phi) is 4.74. The Morgan fingerprint density at radius 2 is 1.81 bits per heavy atom. The monoisotopic (exact) mass is 367 g/mol.